The molecule has 5 heteroatoms. The standard InChI is InChI=1S/C15H18FNO3/c1-10(14(19)20)13(18)17-9-15(7-2-8-15)11-3-5-12(16)6-4-11/h3-6,10H,2,7-9H2,1H3,(H,17,18)(H,19,20). The molecule has 1 aliphatic carbocycles. The van der Waals surface area contributed by atoms with Gasteiger partial charge in [0.2, 0.25) is 5.91 Å². The second-order valence-corrected chi connectivity index (χ2v) is 5.42. The van der Waals surface area contributed by atoms with Crippen molar-refractivity contribution in [2.75, 3.05) is 6.54 Å². The zero-order valence-electron chi connectivity index (χ0n) is 11.4. The lowest BCUT2D eigenvalue weighted by Crippen LogP contribution is -2.47. The average molecular weight is 279 g/mol. The Kier molecular flexibility index (Phi) is 4.06. The van der Waals surface area contributed by atoms with E-state index in [1.54, 1.807) is 12.1 Å². The summed E-state index contributed by atoms with van der Waals surface area (Å²) in [4.78, 5) is 22.5. The number of carbonyl (C=O) groups is 2. The van der Waals surface area contributed by atoms with Crippen LogP contribution in [0.25, 0.3) is 0 Å². The molecule has 2 rings (SSSR count). The summed E-state index contributed by atoms with van der Waals surface area (Å²) in [5.41, 5.74) is 0.815. The van der Waals surface area contributed by atoms with Gasteiger partial charge < -0.3 is 10.4 Å². The van der Waals surface area contributed by atoms with Gasteiger partial charge in [-0.05, 0) is 37.5 Å². The summed E-state index contributed by atoms with van der Waals surface area (Å²) in [5.74, 6) is -2.95. The summed E-state index contributed by atoms with van der Waals surface area (Å²) in [6, 6.07) is 6.30. The Labute approximate surface area is 117 Å². The van der Waals surface area contributed by atoms with Gasteiger partial charge in [0, 0.05) is 12.0 Å². The minimum Gasteiger partial charge on any atom is -0.481 e. The summed E-state index contributed by atoms with van der Waals surface area (Å²) in [5, 5.41) is 11.5. The molecule has 1 aliphatic rings. The Morgan fingerprint density at radius 3 is 2.40 bits per heavy atom. The van der Waals surface area contributed by atoms with Crippen molar-refractivity contribution in [1.29, 1.82) is 0 Å². The Balaban J connectivity index is 2.04. The lowest BCUT2D eigenvalue weighted by Gasteiger charge is -2.42. The van der Waals surface area contributed by atoms with Crippen LogP contribution in [-0.2, 0) is 15.0 Å². The monoisotopic (exact) mass is 279 g/mol. The fraction of sp³-hybridized carbons (Fsp3) is 0.467. The van der Waals surface area contributed by atoms with Crippen molar-refractivity contribution >= 4 is 11.9 Å². The summed E-state index contributed by atoms with van der Waals surface area (Å²) in [6.07, 6.45) is 2.89. The number of carbonyl (C=O) groups excluding carboxylic acids is 1. The number of halogens is 1. The smallest absolute Gasteiger partial charge is 0.315 e. The van der Waals surface area contributed by atoms with Gasteiger partial charge in [0.05, 0.1) is 0 Å². The van der Waals surface area contributed by atoms with Crippen LogP contribution in [0.4, 0.5) is 4.39 Å². The van der Waals surface area contributed by atoms with E-state index in [0.29, 0.717) is 6.54 Å². The second-order valence-electron chi connectivity index (χ2n) is 5.42. The topological polar surface area (TPSA) is 66.4 Å². The van der Waals surface area contributed by atoms with Crippen LogP contribution in [0.1, 0.15) is 31.7 Å². The number of nitrogens with one attached hydrogen (secondary N) is 1. The van der Waals surface area contributed by atoms with Crippen LogP contribution in [0.5, 0.6) is 0 Å². The van der Waals surface area contributed by atoms with E-state index in [1.165, 1.54) is 19.1 Å². The molecule has 1 aromatic carbocycles. The summed E-state index contributed by atoms with van der Waals surface area (Å²) >= 11 is 0. The first-order valence-electron chi connectivity index (χ1n) is 6.71. The van der Waals surface area contributed by atoms with Crippen molar-refractivity contribution in [1.82, 2.24) is 5.32 Å². The van der Waals surface area contributed by atoms with Crippen molar-refractivity contribution in [2.24, 2.45) is 5.92 Å². The van der Waals surface area contributed by atoms with Crippen molar-refractivity contribution in [2.45, 2.75) is 31.6 Å². The SMILES string of the molecule is CC(C(=O)O)C(=O)NCC1(c2ccc(F)cc2)CCC1. The molecule has 20 heavy (non-hydrogen) atoms. The molecule has 4 nitrogen and oxygen atoms in total. The van der Waals surface area contributed by atoms with Crippen molar-refractivity contribution in [3.05, 3.63) is 35.6 Å². The molecule has 0 heterocycles. The molecule has 0 aliphatic heterocycles. The number of amides is 1. The van der Waals surface area contributed by atoms with Gasteiger partial charge in [-0.3, -0.25) is 9.59 Å². The Hall–Kier alpha value is -1.91. The van der Waals surface area contributed by atoms with Crippen LogP contribution < -0.4 is 5.32 Å². The summed E-state index contributed by atoms with van der Waals surface area (Å²) < 4.78 is 13.0. The molecule has 0 bridgehead atoms. The van der Waals surface area contributed by atoms with E-state index in [-0.39, 0.29) is 11.2 Å². The molecule has 1 saturated carbocycles. The quantitative estimate of drug-likeness (QED) is 0.811. The number of benzene rings is 1. The molecule has 2 N–H and O–H groups in total. The number of hydrogen-bond donors (Lipinski definition) is 2. The second kappa shape index (κ2) is 5.61. The molecule has 1 aromatic rings. The van der Waals surface area contributed by atoms with Crippen LogP contribution in [0.2, 0.25) is 0 Å². The maximum absolute atomic E-state index is 13.0. The zero-order chi connectivity index (χ0) is 14.8. The van der Waals surface area contributed by atoms with Crippen LogP contribution in [0.15, 0.2) is 24.3 Å². The van der Waals surface area contributed by atoms with E-state index < -0.39 is 17.8 Å². The largest absolute Gasteiger partial charge is 0.481 e. The molecule has 0 saturated heterocycles. The molecule has 1 unspecified atom stereocenters. The van der Waals surface area contributed by atoms with E-state index in [2.05, 4.69) is 5.32 Å². The molecule has 0 spiro atoms. The van der Waals surface area contributed by atoms with Gasteiger partial charge in [-0.25, -0.2) is 4.39 Å². The van der Waals surface area contributed by atoms with E-state index in [1.807, 2.05) is 0 Å². The third kappa shape index (κ3) is 2.81. The van der Waals surface area contributed by atoms with E-state index in [9.17, 15) is 14.0 Å². The highest BCUT2D eigenvalue weighted by atomic mass is 19.1. The molecular formula is C15H18FNO3. The van der Waals surface area contributed by atoms with Gasteiger partial charge in [-0.1, -0.05) is 18.6 Å². The third-order valence-electron chi connectivity index (χ3n) is 4.13. The number of rotatable bonds is 5. The fourth-order valence-corrected chi connectivity index (χ4v) is 2.50. The van der Waals surface area contributed by atoms with Crippen LogP contribution in [-0.4, -0.2) is 23.5 Å². The molecular weight excluding hydrogens is 261 g/mol. The van der Waals surface area contributed by atoms with Gasteiger partial charge in [0.25, 0.3) is 0 Å². The van der Waals surface area contributed by atoms with Gasteiger partial charge in [-0.15, -0.1) is 0 Å². The number of carboxylic acids is 1. The van der Waals surface area contributed by atoms with E-state index in [4.69, 9.17) is 5.11 Å². The highest BCUT2D eigenvalue weighted by Crippen LogP contribution is 2.43. The minimum atomic E-state index is -1.13. The molecule has 0 aromatic heterocycles. The Morgan fingerprint density at radius 2 is 1.95 bits per heavy atom. The Bertz CT molecular complexity index is 508. The number of aliphatic carboxylic acids is 1. The van der Waals surface area contributed by atoms with Crippen LogP contribution in [0.3, 0.4) is 0 Å². The molecule has 0 radical (unpaired) electrons. The minimum absolute atomic E-state index is 0.179. The maximum atomic E-state index is 13.0. The fourth-order valence-electron chi connectivity index (χ4n) is 2.50. The molecule has 1 fully saturated rings. The highest BCUT2D eigenvalue weighted by molar-refractivity contribution is 5.96. The average Bonchev–Trinajstić information content (AvgIpc) is 2.38. The van der Waals surface area contributed by atoms with Crippen molar-refractivity contribution < 1.29 is 19.1 Å². The molecule has 1 amide bonds. The normalized spacial score (nSPS) is 17.9. The van der Waals surface area contributed by atoms with Crippen molar-refractivity contribution in [3.8, 4) is 0 Å². The summed E-state index contributed by atoms with van der Waals surface area (Å²) in [7, 11) is 0. The summed E-state index contributed by atoms with van der Waals surface area (Å²) in [6.45, 7) is 1.76. The zero-order valence-corrected chi connectivity index (χ0v) is 11.4. The van der Waals surface area contributed by atoms with Gasteiger partial charge in [0.15, 0.2) is 0 Å². The molecule has 1 atom stereocenters. The van der Waals surface area contributed by atoms with Gasteiger partial charge >= 0.3 is 5.97 Å². The van der Waals surface area contributed by atoms with E-state index >= 15 is 0 Å². The highest BCUT2D eigenvalue weighted by Gasteiger charge is 2.39. The predicted molar refractivity (Wildman–Crippen MR) is 71.7 cm³/mol. The maximum Gasteiger partial charge on any atom is 0.315 e. The van der Waals surface area contributed by atoms with Gasteiger partial charge in [-0.2, -0.15) is 0 Å². The Morgan fingerprint density at radius 1 is 1.35 bits per heavy atom. The van der Waals surface area contributed by atoms with Crippen LogP contribution in [0, 0.1) is 11.7 Å². The van der Waals surface area contributed by atoms with Crippen LogP contribution >= 0.6 is 0 Å². The first-order valence-corrected chi connectivity index (χ1v) is 6.71. The molecule has 108 valence electrons. The first kappa shape index (κ1) is 14.5. The third-order valence-corrected chi connectivity index (χ3v) is 4.13. The van der Waals surface area contributed by atoms with Gasteiger partial charge in [0.1, 0.15) is 11.7 Å². The lowest BCUT2D eigenvalue weighted by molar-refractivity contribution is -0.146. The van der Waals surface area contributed by atoms with E-state index in [0.717, 1.165) is 24.8 Å². The lowest BCUT2D eigenvalue weighted by atomic mass is 9.64. The number of hydrogen-bond acceptors (Lipinski definition) is 2. The first-order chi connectivity index (χ1) is 9.44. The van der Waals surface area contributed by atoms with Crippen molar-refractivity contribution in [3.63, 3.8) is 0 Å². The predicted octanol–water partition coefficient (Wildman–Crippen LogP) is 2.08. The number of carboxylic acid groups (broad SMARTS) is 1.